The number of hydrogen-bond acceptors (Lipinski definition) is 4. The molecule has 0 aliphatic rings. The molecule has 0 aliphatic heterocycles. The Kier molecular flexibility index (Phi) is 5.01. The van der Waals surface area contributed by atoms with Crippen LogP contribution >= 0.6 is 0 Å². The number of allylic oxidation sites excluding steroid dienone is 1. The van der Waals surface area contributed by atoms with Gasteiger partial charge in [-0.1, -0.05) is 26.2 Å². The van der Waals surface area contributed by atoms with Crippen LogP contribution in [0.1, 0.15) is 12.6 Å². The Morgan fingerprint density at radius 1 is 1.43 bits per heavy atom. The van der Waals surface area contributed by atoms with E-state index in [0.717, 1.165) is 22.5 Å². The van der Waals surface area contributed by atoms with E-state index in [4.69, 9.17) is 4.74 Å². The molecule has 124 valence electrons. The predicted octanol–water partition coefficient (Wildman–Crippen LogP) is 4.29. The molecule has 1 aromatic heterocycles. The van der Waals surface area contributed by atoms with Crippen molar-refractivity contribution in [2.45, 2.75) is 39.3 Å². The zero-order chi connectivity index (χ0) is 17.2. The van der Waals surface area contributed by atoms with Gasteiger partial charge in [0.1, 0.15) is 6.73 Å². The lowest BCUT2D eigenvalue weighted by Crippen LogP contribution is -2.22. The summed E-state index contributed by atoms with van der Waals surface area (Å²) in [5.41, 5.74) is 2.33. The van der Waals surface area contributed by atoms with Gasteiger partial charge in [-0.25, -0.2) is 4.68 Å². The zero-order valence-corrected chi connectivity index (χ0v) is 15.1. The van der Waals surface area contributed by atoms with Crippen LogP contribution in [0, 0.1) is 10.1 Å². The van der Waals surface area contributed by atoms with E-state index < -0.39 is 13.0 Å². The smallest absolute Gasteiger partial charge is 0.270 e. The first-order chi connectivity index (χ1) is 10.7. The summed E-state index contributed by atoms with van der Waals surface area (Å²) < 4.78 is 7.49. The Morgan fingerprint density at radius 3 is 2.70 bits per heavy atom. The van der Waals surface area contributed by atoms with Crippen LogP contribution in [0.4, 0.5) is 5.69 Å². The molecule has 6 nitrogen and oxygen atoms in total. The number of aromatic nitrogens is 2. The number of ether oxygens (including phenoxy) is 1. The molecule has 0 spiro atoms. The minimum Gasteiger partial charge on any atom is -0.360 e. The molecule has 2 rings (SSSR count). The van der Waals surface area contributed by atoms with E-state index in [0.29, 0.717) is 19.0 Å². The van der Waals surface area contributed by atoms with Gasteiger partial charge in [-0.05, 0) is 24.6 Å². The third-order valence-electron chi connectivity index (χ3n) is 3.56. The van der Waals surface area contributed by atoms with E-state index in [-0.39, 0.29) is 5.69 Å². The highest BCUT2D eigenvalue weighted by Crippen LogP contribution is 2.27. The van der Waals surface area contributed by atoms with E-state index in [2.05, 4.69) is 31.3 Å². The number of nitro benzene ring substituents is 1. The molecule has 0 saturated carbocycles. The average molecular weight is 333 g/mol. The van der Waals surface area contributed by atoms with Gasteiger partial charge < -0.3 is 4.74 Å². The van der Waals surface area contributed by atoms with Gasteiger partial charge in [0.2, 0.25) is 0 Å². The molecule has 1 heterocycles. The summed E-state index contributed by atoms with van der Waals surface area (Å²) in [5.74, 6) is 0. The van der Waals surface area contributed by atoms with Crippen LogP contribution in [0.3, 0.4) is 0 Å². The Hall–Kier alpha value is -1.99. The first-order valence-electron chi connectivity index (χ1n) is 7.57. The van der Waals surface area contributed by atoms with E-state index in [9.17, 15) is 10.1 Å². The number of hydrogen-bond donors (Lipinski definition) is 0. The quantitative estimate of drug-likeness (QED) is 0.328. The van der Waals surface area contributed by atoms with Crippen molar-refractivity contribution in [3.05, 3.63) is 40.6 Å². The molecule has 0 aliphatic carbocycles. The number of nitrogens with zero attached hydrogens (tertiary/aromatic N) is 3. The van der Waals surface area contributed by atoms with E-state index >= 15 is 0 Å². The lowest BCUT2D eigenvalue weighted by Gasteiger charge is -2.15. The van der Waals surface area contributed by atoms with Crippen LogP contribution < -0.4 is 0 Å². The highest BCUT2D eigenvalue weighted by Gasteiger charge is 2.16. The Bertz CT molecular complexity index is 747. The van der Waals surface area contributed by atoms with Crippen molar-refractivity contribution in [1.29, 1.82) is 0 Å². The van der Waals surface area contributed by atoms with Gasteiger partial charge in [-0.2, -0.15) is 5.10 Å². The second-order valence-corrected chi connectivity index (χ2v) is 12.6. The first kappa shape index (κ1) is 17.4. The molecule has 0 radical (unpaired) electrons. The second-order valence-electron chi connectivity index (χ2n) is 6.94. The van der Waals surface area contributed by atoms with Crippen LogP contribution in [0.15, 0.2) is 24.8 Å². The number of fused-ring (bicyclic) bond motifs is 1. The van der Waals surface area contributed by atoms with Crippen molar-refractivity contribution in [2.75, 3.05) is 6.61 Å². The number of benzene rings is 1. The molecule has 0 unspecified atom stereocenters. The molecule has 0 saturated heterocycles. The normalized spacial score (nSPS) is 11.8. The van der Waals surface area contributed by atoms with Crippen LogP contribution in [0.25, 0.3) is 16.5 Å². The highest BCUT2D eigenvalue weighted by atomic mass is 28.3. The fourth-order valence-electron chi connectivity index (χ4n) is 2.22. The summed E-state index contributed by atoms with van der Waals surface area (Å²) in [6.07, 6.45) is 0. The SMILES string of the molecule is C=C(C)c1nn(COCC[Si](C)(C)C)c2ccc([N+](=O)[O-])cc12. The molecule has 0 amide bonds. The molecule has 7 heteroatoms. The lowest BCUT2D eigenvalue weighted by molar-refractivity contribution is -0.384. The summed E-state index contributed by atoms with van der Waals surface area (Å²) in [5, 5.41) is 16.2. The number of rotatable bonds is 7. The third-order valence-corrected chi connectivity index (χ3v) is 5.26. The van der Waals surface area contributed by atoms with Gasteiger partial charge in [0, 0.05) is 32.2 Å². The molecule has 1 aromatic carbocycles. The van der Waals surface area contributed by atoms with Gasteiger partial charge in [-0.15, -0.1) is 0 Å². The third kappa shape index (κ3) is 4.26. The molecule has 0 fully saturated rings. The zero-order valence-electron chi connectivity index (χ0n) is 14.1. The lowest BCUT2D eigenvalue weighted by atomic mass is 10.1. The molecule has 23 heavy (non-hydrogen) atoms. The highest BCUT2D eigenvalue weighted by molar-refractivity contribution is 6.76. The van der Waals surface area contributed by atoms with Gasteiger partial charge in [0.05, 0.1) is 16.1 Å². The Balaban J connectivity index is 2.26. The Morgan fingerprint density at radius 2 is 2.13 bits per heavy atom. The molecule has 0 bridgehead atoms. The van der Waals surface area contributed by atoms with Crippen molar-refractivity contribution in [3.8, 4) is 0 Å². The largest absolute Gasteiger partial charge is 0.360 e. The fraction of sp³-hybridized carbons (Fsp3) is 0.438. The Labute approximate surface area is 136 Å². The fourth-order valence-corrected chi connectivity index (χ4v) is 2.98. The van der Waals surface area contributed by atoms with Crippen molar-refractivity contribution in [2.24, 2.45) is 0 Å². The molecule has 0 atom stereocenters. The van der Waals surface area contributed by atoms with E-state index in [1.54, 1.807) is 16.8 Å². The van der Waals surface area contributed by atoms with Crippen LogP contribution in [-0.4, -0.2) is 29.4 Å². The summed E-state index contributed by atoms with van der Waals surface area (Å²) in [4.78, 5) is 10.6. The molecule has 0 N–H and O–H groups in total. The van der Waals surface area contributed by atoms with Crippen molar-refractivity contribution in [3.63, 3.8) is 0 Å². The van der Waals surface area contributed by atoms with E-state index in [1.165, 1.54) is 6.07 Å². The average Bonchev–Trinajstić information content (AvgIpc) is 2.80. The minimum absolute atomic E-state index is 0.0548. The maximum Gasteiger partial charge on any atom is 0.270 e. The van der Waals surface area contributed by atoms with Gasteiger partial charge >= 0.3 is 0 Å². The standard InChI is InChI=1S/C16H23N3O3Si/c1-12(2)16-14-10-13(19(20)21)6-7-15(14)18(17-16)11-22-8-9-23(3,4)5/h6-7,10H,1,8-9,11H2,2-5H3. The second kappa shape index (κ2) is 6.63. The van der Waals surface area contributed by atoms with Crippen LogP contribution in [0.5, 0.6) is 0 Å². The van der Waals surface area contributed by atoms with Crippen molar-refractivity contribution < 1.29 is 9.66 Å². The van der Waals surface area contributed by atoms with Crippen molar-refractivity contribution >= 4 is 30.2 Å². The maximum atomic E-state index is 11.0. The summed E-state index contributed by atoms with van der Waals surface area (Å²) >= 11 is 0. The summed E-state index contributed by atoms with van der Waals surface area (Å²) in [7, 11) is -1.13. The predicted molar refractivity (Wildman–Crippen MR) is 95.2 cm³/mol. The van der Waals surface area contributed by atoms with Crippen molar-refractivity contribution in [1.82, 2.24) is 9.78 Å². The topological polar surface area (TPSA) is 70.2 Å². The van der Waals surface area contributed by atoms with Gasteiger partial charge in [0.25, 0.3) is 5.69 Å². The van der Waals surface area contributed by atoms with Gasteiger partial charge in [0.15, 0.2) is 0 Å². The molecule has 2 aromatic rings. The van der Waals surface area contributed by atoms with Gasteiger partial charge in [-0.3, -0.25) is 10.1 Å². The summed E-state index contributed by atoms with van der Waals surface area (Å²) in [6.45, 7) is 13.7. The number of nitro groups is 1. The maximum absolute atomic E-state index is 11.0. The minimum atomic E-state index is -1.13. The summed E-state index contributed by atoms with van der Waals surface area (Å²) in [6, 6.07) is 5.84. The van der Waals surface area contributed by atoms with Crippen LogP contribution in [0.2, 0.25) is 25.7 Å². The van der Waals surface area contributed by atoms with Crippen LogP contribution in [-0.2, 0) is 11.5 Å². The monoisotopic (exact) mass is 333 g/mol. The number of non-ortho nitro benzene ring substituents is 1. The first-order valence-corrected chi connectivity index (χ1v) is 11.3. The van der Waals surface area contributed by atoms with E-state index in [1.807, 2.05) is 6.92 Å². The molecular formula is C16H23N3O3Si. The molecular weight excluding hydrogens is 310 g/mol.